The third kappa shape index (κ3) is 3.44. The van der Waals surface area contributed by atoms with Crippen molar-refractivity contribution in [2.45, 2.75) is 57.9 Å². The zero-order valence-electron chi connectivity index (χ0n) is 15.1. The summed E-state index contributed by atoms with van der Waals surface area (Å²) in [5.41, 5.74) is -0.494. The maximum absolute atomic E-state index is 14.5. The molecule has 2 heterocycles. The van der Waals surface area contributed by atoms with Gasteiger partial charge in [-0.05, 0) is 58.1 Å². The zero-order valence-corrected chi connectivity index (χ0v) is 15.1. The van der Waals surface area contributed by atoms with Crippen molar-refractivity contribution in [2.75, 3.05) is 13.1 Å². The molecule has 2 saturated heterocycles. The van der Waals surface area contributed by atoms with E-state index in [4.69, 9.17) is 9.31 Å². The van der Waals surface area contributed by atoms with Crippen molar-refractivity contribution in [2.24, 2.45) is 0 Å². The Morgan fingerprint density at radius 3 is 2.24 bits per heavy atom. The summed E-state index contributed by atoms with van der Waals surface area (Å²) in [5, 5.41) is 0. The summed E-state index contributed by atoms with van der Waals surface area (Å²) in [6.45, 7) is 8.34. The van der Waals surface area contributed by atoms with Crippen LogP contribution in [-0.4, -0.2) is 48.4 Å². The van der Waals surface area contributed by atoms with Crippen LogP contribution in [0.5, 0.6) is 0 Å². The average molecular weight is 351 g/mol. The van der Waals surface area contributed by atoms with Crippen molar-refractivity contribution in [3.8, 4) is 0 Å². The molecule has 0 spiro atoms. The third-order valence-electron chi connectivity index (χ3n) is 5.46. The van der Waals surface area contributed by atoms with Crippen LogP contribution >= 0.6 is 0 Å². The van der Waals surface area contributed by atoms with Gasteiger partial charge in [-0.15, -0.1) is 0 Å². The van der Waals surface area contributed by atoms with Gasteiger partial charge >= 0.3 is 7.12 Å². The molecule has 2 aliphatic rings. The lowest BCUT2D eigenvalue weighted by Crippen LogP contribution is -2.41. The van der Waals surface area contributed by atoms with Crippen molar-refractivity contribution < 1.29 is 22.9 Å². The van der Waals surface area contributed by atoms with Crippen LogP contribution in [0, 0.1) is 5.82 Å². The predicted octanol–water partition coefficient (Wildman–Crippen LogP) is 2.70. The maximum atomic E-state index is 14.5. The van der Waals surface area contributed by atoms with Gasteiger partial charge in [-0.2, -0.15) is 0 Å². The number of benzene rings is 1. The lowest BCUT2D eigenvalue weighted by Gasteiger charge is -2.32. The summed E-state index contributed by atoms with van der Waals surface area (Å²) in [5.74, 6) is -1.01. The number of hydrogen-bond donors (Lipinski definition) is 0. The first-order valence-electron chi connectivity index (χ1n) is 8.69. The monoisotopic (exact) mass is 351 g/mol. The quantitative estimate of drug-likeness (QED) is 0.769. The Bertz CT molecular complexity index is 656. The van der Waals surface area contributed by atoms with E-state index < -0.39 is 36.2 Å². The molecule has 25 heavy (non-hydrogen) atoms. The molecule has 7 heteroatoms. The molecule has 0 radical (unpaired) electrons. The molecule has 0 atom stereocenters. The van der Waals surface area contributed by atoms with E-state index in [0.717, 1.165) is 0 Å². The first-order valence-corrected chi connectivity index (χ1v) is 8.69. The second-order valence-corrected chi connectivity index (χ2v) is 7.79. The molecule has 3 rings (SSSR count). The van der Waals surface area contributed by atoms with Crippen molar-refractivity contribution in [3.05, 3.63) is 29.6 Å². The number of rotatable bonds is 2. The smallest absolute Gasteiger partial charge is 0.399 e. The minimum absolute atomic E-state index is 0.00224. The normalized spacial score (nSPS) is 23.1. The lowest BCUT2D eigenvalue weighted by atomic mass is 9.78. The van der Waals surface area contributed by atoms with Crippen LogP contribution in [-0.2, 0) is 9.31 Å². The van der Waals surface area contributed by atoms with E-state index >= 15 is 0 Å². The molecule has 136 valence electrons. The molecule has 0 saturated carbocycles. The standard InChI is InChI=1S/C18H24BF2NO3/c1-17(2)18(3,4)25-19(24-17)12-5-6-14(15(21)11-12)16(23)22-9-7-13(20)8-10-22/h5-6,11,13H,7-10H2,1-4H3. The fraction of sp³-hybridized carbons (Fsp3) is 0.611. The fourth-order valence-electron chi connectivity index (χ4n) is 3.05. The lowest BCUT2D eigenvalue weighted by molar-refractivity contribution is 0.00578. The Hall–Kier alpha value is -1.47. The molecule has 2 aliphatic heterocycles. The summed E-state index contributed by atoms with van der Waals surface area (Å²) >= 11 is 0. The topological polar surface area (TPSA) is 38.8 Å². The van der Waals surface area contributed by atoms with Gasteiger partial charge in [0.15, 0.2) is 0 Å². The van der Waals surface area contributed by atoms with Crippen LogP contribution in [0.4, 0.5) is 8.78 Å². The number of carbonyl (C=O) groups is 1. The number of likely N-dealkylation sites (tertiary alicyclic amines) is 1. The molecule has 2 fully saturated rings. The zero-order chi connectivity index (χ0) is 18.4. The van der Waals surface area contributed by atoms with Gasteiger partial charge in [-0.25, -0.2) is 8.78 Å². The molecule has 4 nitrogen and oxygen atoms in total. The van der Waals surface area contributed by atoms with Crippen molar-refractivity contribution in [3.63, 3.8) is 0 Å². The van der Waals surface area contributed by atoms with Gasteiger partial charge < -0.3 is 14.2 Å². The number of hydrogen-bond acceptors (Lipinski definition) is 3. The Morgan fingerprint density at radius 2 is 1.72 bits per heavy atom. The highest BCUT2D eigenvalue weighted by Crippen LogP contribution is 2.36. The van der Waals surface area contributed by atoms with Crippen molar-refractivity contribution in [1.29, 1.82) is 0 Å². The van der Waals surface area contributed by atoms with Gasteiger partial charge in [-0.3, -0.25) is 4.79 Å². The number of piperidine rings is 1. The average Bonchev–Trinajstić information content (AvgIpc) is 2.75. The first-order chi connectivity index (χ1) is 11.6. The van der Waals surface area contributed by atoms with Crippen LogP contribution in [0.1, 0.15) is 50.9 Å². The summed E-state index contributed by atoms with van der Waals surface area (Å²) in [6.07, 6.45) is -0.265. The highest BCUT2D eigenvalue weighted by atomic mass is 19.1. The molecule has 0 N–H and O–H groups in total. The van der Waals surface area contributed by atoms with Gasteiger partial charge in [0.1, 0.15) is 12.0 Å². The van der Waals surface area contributed by atoms with Crippen molar-refractivity contribution in [1.82, 2.24) is 4.90 Å². The molecular weight excluding hydrogens is 327 g/mol. The van der Waals surface area contributed by atoms with Crippen LogP contribution in [0.3, 0.4) is 0 Å². The van der Waals surface area contributed by atoms with Crippen LogP contribution in [0.2, 0.25) is 0 Å². The fourth-order valence-corrected chi connectivity index (χ4v) is 3.05. The summed E-state index contributed by atoms with van der Waals surface area (Å²) in [4.78, 5) is 14.0. The van der Waals surface area contributed by atoms with Gasteiger partial charge in [0.05, 0.1) is 16.8 Å². The van der Waals surface area contributed by atoms with Gasteiger partial charge in [0, 0.05) is 13.1 Å². The molecule has 0 bridgehead atoms. The molecule has 0 aliphatic carbocycles. The first kappa shape index (κ1) is 18.3. The van der Waals surface area contributed by atoms with E-state index in [2.05, 4.69) is 0 Å². The largest absolute Gasteiger partial charge is 0.494 e. The van der Waals surface area contributed by atoms with Gasteiger partial charge in [-0.1, -0.05) is 6.07 Å². The van der Waals surface area contributed by atoms with Crippen LogP contribution in [0.25, 0.3) is 0 Å². The minimum Gasteiger partial charge on any atom is -0.399 e. The predicted molar refractivity (Wildman–Crippen MR) is 92.1 cm³/mol. The summed E-state index contributed by atoms with van der Waals surface area (Å²) in [6, 6.07) is 4.40. The SMILES string of the molecule is CC1(C)OB(c2ccc(C(=O)N3CCC(F)CC3)c(F)c2)OC1(C)C. The number of nitrogens with zero attached hydrogens (tertiary/aromatic N) is 1. The van der Waals surface area contributed by atoms with E-state index in [9.17, 15) is 13.6 Å². The third-order valence-corrected chi connectivity index (χ3v) is 5.46. The summed E-state index contributed by atoms with van der Waals surface area (Å²) in [7, 11) is -0.675. The van der Waals surface area contributed by atoms with E-state index in [0.29, 0.717) is 31.4 Å². The Balaban J connectivity index is 1.77. The Kier molecular flexibility index (Phi) is 4.66. The highest BCUT2D eigenvalue weighted by molar-refractivity contribution is 6.62. The van der Waals surface area contributed by atoms with Crippen LogP contribution in [0.15, 0.2) is 18.2 Å². The number of halogens is 2. The molecular formula is C18H24BF2NO3. The van der Waals surface area contributed by atoms with Crippen LogP contribution < -0.4 is 5.46 Å². The van der Waals surface area contributed by atoms with E-state index in [1.807, 2.05) is 27.7 Å². The van der Waals surface area contributed by atoms with E-state index in [1.54, 1.807) is 6.07 Å². The van der Waals surface area contributed by atoms with Crippen molar-refractivity contribution >= 4 is 18.5 Å². The van der Waals surface area contributed by atoms with E-state index in [1.165, 1.54) is 17.0 Å². The number of amides is 1. The maximum Gasteiger partial charge on any atom is 0.494 e. The molecule has 1 aromatic rings. The number of alkyl halides is 1. The van der Waals surface area contributed by atoms with E-state index in [-0.39, 0.29) is 5.56 Å². The molecule has 0 unspecified atom stereocenters. The minimum atomic E-state index is -0.875. The highest BCUT2D eigenvalue weighted by Gasteiger charge is 2.51. The van der Waals surface area contributed by atoms with Gasteiger partial charge in [0.25, 0.3) is 5.91 Å². The molecule has 0 aromatic heterocycles. The van der Waals surface area contributed by atoms with Gasteiger partial charge in [0.2, 0.25) is 0 Å². The number of carbonyl (C=O) groups excluding carboxylic acids is 1. The second kappa shape index (κ2) is 6.36. The summed E-state index contributed by atoms with van der Waals surface area (Å²) < 4.78 is 39.6. The second-order valence-electron chi connectivity index (χ2n) is 7.79. The Morgan fingerprint density at radius 1 is 1.16 bits per heavy atom. The molecule has 1 aromatic carbocycles. The molecule has 1 amide bonds. The Labute approximate surface area is 147 Å².